The van der Waals surface area contributed by atoms with Crippen LogP contribution in [0.15, 0.2) is 53.4 Å². The number of hydrogen-bond donors (Lipinski definition) is 0. The molecule has 1 unspecified atom stereocenters. The second-order valence-electron chi connectivity index (χ2n) is 5.64. The van der Waals surface area contributed by atoms with Crippen molar-refractivity contribution in [2.45, 2.75) is 30.4 Å². The molecule has 130 valence electrons. The molecular formula is C20H22N2O2S. The topological polar surface area (TPSA) is 53.3 Å². The first kappa shape index (κ1) is 18.9. The lowest BCUT2D eigenvalue weighted by Crippen LogP contribution is -2.37. The van der Waals surface area contributed by atoms with Crippen LogP contribution in [0.5, 0.6) is 5.75 Å². The van der Waals surface area contributed by atoms with E-state index in [1.54, 1.807) is 12.0 Å². The molecule has 2 aromatic carbocycles. The molecule has 0 aliphatic carbocycles. The number of ether oxygens (including phenoxy) is 1. The minimum atomic E-state index is -0.295. The van der Waals surface area contributed by atoms with E-state index in [1.807, 2.05) is 62.4 Å². The summed E-state index contributed by atoms with van der Waals surface area (Å²) in [6.07, 6.45) is 0.297. The summed E-state index contributed by atoms with van der Waals surface area (Å²) >= 11 is 1.46. The van der Waals surface area contributed by atoms with Gasteiger partial charge in [0.05, 0.1) is 29.7 Å². The molecule has 4 nitrogen and oxygen atoms in total. The highest BCUT2D eigenvalue weighted by molar-refractivity contribution is 8.00. The number of methoxy groups -OCH3 is 1. The van der Waals surface area contributed by atoms with Crippen molar-refractivity contribution in [3.63, 3.8) is 0 Å². The van der Waals surface area contributed by atoms with E-state index >= 15 is 0 Å². The molecule has 0 N–H and O–H groups in total. The van der Waals surface area contributed by atoms with Crippen LogP contribution in [0.4, 0.5) is 5.69 Å². The Hall–Kier alpha value is -2.45. The van der Waals surface area contributed by atoms with Gasteiger partial charge >= 0.3 is 0 Å². The summed E-state index contributed by atoms with van der Waals surface area (Å²) < 4.78 is 5.36. The molecule has 0 aromatic heterocycles. The van der Waals surface area contributed by atoms with E-state index in [-0.39, 0.29) is 11.2 Å². The first-order valence-electron chi connectivity index (χ1n) is 8.11. The fraction of sp³-hybridized carbons (Fsp3) is 0.300. The third-order valence-corrected chi connectivity index (χ3v) is 4.93. The summed E-state index contributed by atoms with van der Waals surface area (Å²) in [7, 11) is 1.62. The average molecular weight is 354 g/mol. The predicted molar refractivity (Wildman–Crippen MR) is 102 cm³/mol. The number of para-hydroxylation sites is 1. The number of aryl methyl sites for hydroxylation is 1. The monoisotopic (exact) mass is 354 g/mol. The summed E-state index contributed by atoms with van der Waals surface area (Å²) in [4.78, 5) is 15.6. The van der Waals surface area contributed by atoms with Crippen LogP contribution in [0.2, 0.25) is 0 Å². The summed E-state index contributed by atoms with van der Waals surface area (Å²) in [6, 6.07) is 17.6. The highest BCUT2D eigenvalue weighted by Crippen LogP contribution is 2.33. The van der Waals surface area contributed by atoms with Gasteiger partial charge in [-0.2, -0.15) is 5.26 Å². The van der Waals surface area contributed by atoms with Gasteiger partial charge in [-0.25, -0.2) is 0 Å². The van der Waals surface area contributed by atoms with Gasteiger partial charge in [0.1, 0.15) is 5.75 Å². The fourth-order valence-electron chi connectivity index (χ4n) is 2.43. The van der Waals surface area contributed by atoms with E-state index in [2.05, 4.69) is 6.07 Å². The number of nitriles is 1. The molecule has 0 bridgehead atoms. The van der Waals surface area contributed by atoms with Gasteiger partial charge in [0.2, 0.25) is 5.91 Å². The van der Waals surface area contributed by atoms with E-state index in [0.29, 0.717) is 13.0 Å². The number of hydrogen-bond acceptors (Lipinski definition) is 4. The zero-order chi connectivity index (χ0) is 18.2. The van der Waals surface area contributed by atoms with Crippen LogP contribution in [-0.2, 0) is 4.79 Å². The van der Waals surface area contributed by atoms with E-state index in [9.17, 15) is 4.79 Å². The largest absolute Gasteiger partial charge is 0.496 e. The first-order chi connectivity index (χ1) is 12.1. The molecule has 2 rings (SSSR count). The standard InChI is InChI=1S/C20H22N2O2S/c1-15-9-11-17(12-10-15)22(14-6-13-21)20(23)16(2)25-19-8-5-4-7-18(19)24-3/h4-5,7-12,16H,6,14H2,1-3H3. The van der Waals surface area contributed by atoms with Crippen LogP contribution in [0.25, 0.3) is 0 Å². The van der Waals surface area contributed by atoms with Crippen molar-refractivity contribution in [3.05, 3.63) is 54.1 Å². The van der Waals surface area contributed by atoms with E-state index in [1.165, 1.54) is 11.8 Å². The van der Waals surface area contributed by atoms with Crippen molar-refractivity contribution in [1.82, 2.24) is 0 Å². The van der Waals surface area contributed by atoms with Gasteiger partial charge in [-0.15, -0.1) is 11.8 Å². The number of anilines is 1. The Morgan fingerprint density at radius 2 is 1.92 bits per heavy atom. The maximum Gasteiger partial charge on any atom is 0.240 e. The first-order valence-corrected chi connectivity index (χ1v) is 8.99. The van der Waals surface area contributed by atoms with Gasteiger partial charge < -0.3 is 9.64 Å². The molecule has 0 spiro atoms. The van der Waals surface area contributed by atoms with Gasteiger partial charge in [-0.1, -0.05) is 29.8 Å². The molecule has 1 amide bonds. The molecule has 0 radical (unpaired) electrons. The van der Waals surface area contributed by atoms with Crippen LogP contribution >= 0.6 is 11.8 Å². The van der Waals surface area contributed by atoms with Crippen LogP contribution in [0.1, 0.15) is 18.9 Å². The van der Waals surface area contributed by atoms with Crippen molar-refractivity contribution in [2.75, 3.05) is 18.6 Å². The van der Waals surface area contributed by atoms with Crippen LogP contribution in [-0.4, -0.2) is 24.8 Å². The van der Waals surface area contributed by atoms with Gasteiger partial charge in [-0.3, -0.25) is 4.79 Å². The lowest BCUT2D eigenvalue weighted by molar-refractivity contribution is -0.117. The Balaban J connectivity index is 2.20. The minimum Gasteiger partial charge on any atom is -0.496 e. The number of carbonyl (C=O) groups excluding carboxylic acids is 1. The van der Waals surface area contributed by atoms with Crippen molar-refractivity contribution in [1.29, 1.82) is 5.26 Å². The van der Waals surface area contributed by atoms with E-state index in [4.69, 9.17) is 10.00 Å². The van der Waals surface area contributed by atoms with E-state index in [0.717, 1.165) is 21.9 Å². The number of rotatable bonds is 7. The smallest absolute Gasteiger partial charge is 0.240 e. The highest BCUT2D eigenvalue weighted by atomic mass is 32.2. The normalized spacial score (nSPS) is 11.4. The zero-order valence-electron chi connectivity index (χ0n) is 14.7. The molecule has 25 heavy (non-hydrogen) atoms. The van der Waals surface area contributed by atoms with Crippen LogP contribution < -0.4 is 9.64 Å². The maximum absolute atomic E-state index is 13.0. The van der Waals surface area contributed by atoms with Gasteiger partial charge in [-0.05, 0) is 38.1 Å². The SMILES string of the molecule is COc1ccccc1SC(C)C(=O)N(CCC#N)c1ccc(C)cc1. The fourth-order valence-corrected chi connectivity index (χ4v) is 3.46. The Morgan fingerprint density at radius 3 is 2.56 bits per heavy atom. The predicted octanol–water partition coefficient (Wildman–Crippen LogP) is 4.43. The molecule has 0 fully saturated rings. The number of carbonyl (C=O) groups is 1. The second-order valence-corrected chi connectivity index (χ2v) is 7.03. The number of thioether (sulfide) groups is 1. The molecule has 0 aliphatic rings. The van der Waals surface area contributed by atoms with Crippen molar-refractivity contribution in [3.8, 4) is 11.8 Å². The molecule has 5 heteroatoms. The van der Waals surface area contributed by atoms with Crippen LogP contribution in [0, 0.1) is 18.3 Å². The Labute approximate surface area is 153 Å². The lowest BCUT2D eigenvalue weighted by Gasteiger charge is -2.25. The molecule has 1 atom stereocenters. The Bertz CT molecular complexity index is 753. The zero-order valence-corrected chi connectivity index (χ0v) is 15.5. The quantitative estimate of drug-likeness (QED) is 0.690. The van der Waals surface area contributed by atoms with Crippen molar-refractivity contribution >= 4 is 23.4 Å². The second kappa shape index (κ2) is 9.14. The third kappa shape index (κ3) is 5.01. The lowest BCUT2D eigenvalue weighted by atomic mass is 10.2. The highest BCUT2D eigenvalue weighted by Gasteiger charge is 2.23. The molecule has 0 heterocycles. The number of nitrogens with zero attached hydrogens (tertiary/aromatic N) is 2. The maximum atomic E-state index is 13.0. The summed E-state index contributed by atoms with van der Waals surface area (Å²) in [6.45, 7) is 4.27. The summed E-state index contributed by atoms with van der Waals surface area (Å²) in [5, 5.41) is 8.63. The summed E-state index contributed by atoms with van der Waals surface area (Å²) in [5.41, 5.74) is 1.95. The van der Waals surface area contributed by atoms with Gasteiger partial charge in [0.15, 0.2) is 0 Å². The van der Waals surface area contributed by atoms with Gasteiger partial charge in [0.25, 0.3) is 0 Å². The molecule has 0 saturated heterocycles. The molecule has 2 aromatic rings. The third-order valence-electron chi connectivity index (χ3n) is 3.78. The van der Waals surface area contributed by atoms with Crippen LogP contribution in [0.3, 0.4) is 0 Å². The molecule has 0 saturated carbocycles. The molecule has 0 aliphatic heterocycles. The molecular weight excluding hydrogens is 332 g/mol. The minimum absolute atomic E-state index is 0.0185. The Kier molecular flexibility index (Phi) is 6.91. The Morgan fingerprint density at radius 1 is 1.24 bits per heavy atom. The van der Waals surface area contributed by atoms with Crippen molar-refractivity contribution < 1.29 is 9.53 Å². The number of benzene rings is 2. The van der Waals surface area contributed by atoms with Crippen molar-refractivity contribution in [2.24, 2.45) is 0 Å². The average Bonchev–Trinajstić information content (AvgIpc) is 2.63. The number of amides is 1. The summed E-state index contributed by atoms with van der Waals surface area (Å²) in [5.74, 6) is 0.737. The van der Waals surface area contributed by atoms with Gasteiger partial charge in [0, 0.05) is 12.2 Å². The van der Waals surface area contributed by atoms with E-state index < -0.39 is 0 Å².